The Morgan fingerprint density at radius 3 is 2.45 bits per heavy atom. The lowest BCUT2D eigenvalue weighted by Crippen LogP contribution is -2.22. The molecule has 2 nitrogen and oxygen atoms in total. The second-order valence-corrected chi connectivity index (χ2v) is 2.92. The highest BCUT2D eigenvalue weighted by Crippen LogP contribution is 2.06. The molecule has 0 aromatic carbocycles. The van der Waals surface area contributed by atoms with Crippen LogP contribution in [0.5, 0.6) is 0 Å². The molecule has 0 unspecified atom stereocenters. The third-order valence-corrected chi connectivity index (χ3v) is 1.94. The van der Waals surface area contributed by atoms with Gasteiger partial charge in [-0.05, 0) is 12.8 Å². The fourth-order valence-corrected chi connectivity index (χ4v) is 1.28. The second-order valence-electron chi connectivity index (χ2n) is 2.92. The zero-order valence-electron chi connectivity index (χ0n) is 6.86. The Bertz CT molecular complexity index is 103. The van der Waals surface area contributed by atoms with Crippen LogP contribution in [0, 0.1) is 5.41 Å². The lowest BCUT2D eigenvalue weighted by molar-refractivity contribution is 0.635. The van der Waals surface area contributed by atoms with Gasteiger partial charge in [-0.3, -0.25) is 5.41 Å². The molecule has 0 amide bonds. The summed E-state index contributed by atoms with van der Waals surface area (Å²) in [5.74, 6) is 0.738. The van der Waals surface area contributed by atoms with Crippen molar-refractivity contribution in [3.63, 3.8) is 0 Å². The first-order chi connectivity index (χ1) is 4.89. The number of nitrogens with one attached hydrogen (secondary N) is 2. The molecule has 0 aromatic heterocycles. The topological polar surface area (TPSA) is 35.9 Å². The monoisotopic (exact) mass is 176 g/mol. The summed E-state index contributed by atoms with van der Waals surface area (Å²) in [5.41, 5.74) is 0. The number of amidine groups is 1. The molecule has 1 heterocycles. The van der Waals surface area contributed by atoms with E-state index in [-0.39, 0.29) is 12.4 Å². The van der Waals surface area contributed by atoms with Crippen LogP contribution in [-0.4, -0.2) is 12.4 Å². The molecule has 3 heteroatoms. The number of hydrogen-bond acceptors (Lipinski definition) is 1. The average Bonchev–Trinajstić information content (AvgIpc) is 2.02. The van der Waals surface area contributed by atoms with Gasteiger partial charge in [-0.15, -0.1) is 12.4 Å². The van der Waals surface area contributed by atoms with Crippen molar-refractivity contribution in [2.75, 3.05) is 6.54 Å². The molecule has 0 aromatic rings. The molecule has 1 saturated heterocycles. The maximum atomic E-state index is 7.41. The predicted octanol–water partition coefficient (Wildman–Crippen LogP) is 2.33. The first-order valence-corrected chi connectivity index (χ1v) is 4.21. The third kappa shape index (κ3) is 5.08. The number of rotatable bonds is 0. The van der Waals surface area contributed by atoms with Crippen molar-refractivity contribution < 1.29 is 0 Å². The molecule has 0 atom stereocenters. The molecule has 0 spiro atoms. The van der Waals surface area contributed by atoms with Gasteiger partial charge in [-0.2, -0.15) is 0 Å². The van der Waals surface area contributed by atoms with Gasteiger partial charge < -0.3 is 5.32 Å². The van der Waals surface area contributed by atoms with E-state index in [1.165, 1.54) is 32.1 Å². The summed E-state index contributed by atoms with van der Waals surface area (Å²) in [4.78, 5) is 0. The van der Waals surface area contributed by atoms with Gasteiger partial charge in [0, 0.05) is 13.0 Å². The number of hydrogen-bond donors (Lipinski definition) is 2. The van der Waals surface area contributed by atoms with Crippen LogP contribution in [-0.2, 0) is 0 Å². The maximum Gasteiger partial charge on any atom is 0.0931 e. The molecule has 0 bridgehead atoms. The second kappa shape index (κ2) is 6.47. The molecule has 0 aliphatic carbocycles. The van der Waals surface area contributed by atoms with Crippen LogP contribution in [0.15, 0.2) is 0 Å². The van der Waals surface area contributed by atoms with Crippen LogP contribution in [0.3, 0.4) is 0 Å². The minimum Gasteiger partial charge on any atom is -0.374 e. The molecule has 2 N–H and O–H groups in total. The molecule has 1 aliphatic rings. The number of halogens is 1. The molecule has 1 aliphatic heterocycles. The molecule has 0 radical (unpaired) electrons. The zero-order valence-corrected chi connectivity index (χ0v) is 7.67. The zero-order chi connectivity index (χ0) is 7.23. The fourth-order valence-electron chi connectivity index (χ4n) is 1.28. The van der Waals surface area contributed by atoms with Crippen LogP contribution < -0.4 is 5.32 Å². The van der Waals surface area contributed by atoms with Gasteiger partial charge in [-0.25, -0.2) is 0 Å². The average molecular weight is 177 g/mol. The molecule has 1 fully saturated rings. The fraction of sp³-hybridized carbons (Fsp3) is 0.875. The lowest BCUT2D eigenvalue weighted by atomic mass is 10.1. The summed E-state index contributed by atoms with van der Waals surface area (Å²) in [7, 11) is 0. The Kier molecular flexibility index (Phi) is 6.33. The van der Waals surface area contributed by atoms with Crippen LogP contribution >= 0.6 is 12.4 Å². The summed E-state index contributed by atoms with van der Waals surface area (Å²) >= 11 is 0. The van der Waals surface area contributed by atoms with Gasteiger partial charge >= 0.3 is 0 Å². The van der Waals surface area contributed by atoms with E-state index < -0.39 is 0 Å². The van der Waals surface area contributed by atoms with Crippen molar-refractivity contribution in [2.45, 2.75) is 38.5 Å². The van der Waals surface area contributed by atoms with Crippen molar-refractivity contribution >= 4 is 18.2 Å². The molecule has 66 valence electrons. The largest absolute Gasteiger partial charge is 0.374 e. The Hall–Kier alpha value is -0.240. The Balaban J connectivity index is 0.000001000. The van der Waals surface area contributed by atoms with Gasteiger partial charge in [0.2, 0.25) is 0 Å². The first-order valence-electron chi connectivity index (χ1n) is 4.21. The summed E-state index contributed by atoms with van der Waals surface area (Å²) in [6.07, 6.45) is 7.40. The van der Waals surface area contributed by atoms with Crippen molar-refractivity contribution in [1.82, 2.24) is 5.32 Å². The SMILES string of the molecule is Cl.N=C1CCCCCCCN1. The quantitative estimate of drug-likeness (QED) is 0.584. The van der Waals surface area contributed by atoms with Crippen molar-refractivity contribution in [2.24, 2.45) is 0 Å². The molecule has 1 rings (SSSR count). The molecule has 11 heavy (non-hydrogen) atoms. The van der Waals surface area contributed by atoms with E-state index in [2.05, 4.69) is 5.32 Å². The summed E-state index contributed by atoms with van der Waals surface area (Å²) in [5, 5.41) is 10.5. The first kappa shape index (κ1) is 10.8. The molecular formula is C8H17ClN2. The molecular weight excluding hydrogens is 160 g/mol. The lowest BCUT2D eigenvalue weighted by Gasteiger charge is -2.02. The van der Waals surface area contributed by atoms with Gasteiger partial charge in [-0.1, -0.05) is 19.3 Å². The Morgan fingerprint density at radius 2 is 1.64 bits per heavy atom. The van der Waals surface area contributed by atoms with Gasteiger partial charge in [0.1, 0.15) is 0 Å². The maximum absolute atomic E-state index is 7.41. The van der Waals surface area contributed by atoms with Crippen molar-refractivity contribution in [3.05, 3.63) is 0 Å². The smallest absolute Gasteiger partial charge is 0.0931 e. The van der Waals surface area contributed by atoms with Crippen LogP contribution in [0.4, 0.5) is 0 Å². The minimum absolute atomic E-state index is 0. The highest BCUT2D eigenvalue weighted by Gasteiger charge is 1.99. The standard InChI is InChI=1S/C8H16N2.ClH/c9-8-6-4-2-1-3-5-7-10-8;/h1-7H2,(H2,9,10);1H. The normalized spacial score (nSPS) is 20.2. The van der Waals surface area contributed by atoms with Gasteiger partial charge in [0.25, 0.3) is 0 Å². The van der Waals surface area contributed by atoms with E-state index in [4.69, 9.17) is 5.41 Å². The van der Waals surface area contributed by atoms with E-state index in [0.717, 1.165) is 18.8 Å². The molecule has 0 saturated carbocycles. The third-order valence-electron chi connectivity index (χ3n) is 1.94. The minimum atomic E-state index is 0. The highest BCUT2D eigenvalue weighted by atomic mass is 35.5. The van der Waals surface area contributed by atoms with Gasteiger partial charge in [0.15, 0.2) is 0 Å². The van der Waals surface area contributed by atoms with E-state index in [1.54, 1.807) is 0 Å². The van der Waals surface area contributed by atoms with E-state index in [1.807, 2.05) is 0 Å². The van der Waals surface area contributed by atoms with Crippen molar-refractivity contribution in [1.29, 1.82) is 5.41 Å². The van der Waals surface area contributed by atoms with E-state index in [9.17, 15) is 0 Å². The van der Waals surface area contributed by atoms with Gasteiger partial charge in [0.05, 0.1) is 5.84 Å². The van der Waals surface area contributed by atoms with Crippen molar-refractivity contribution in [3.8, 4) is 0 Å². The Morgan fingerprint density at radius 1 is 1.00 bits per heavy atom. The highest BCUT2D eigenvalue weighted by molar-refractivity contribution is 5.85. The van der Waals surface area contributed by atoms with Crippen LogP contribution in [0.2, 0.25) is 0 Å². The summed E-state index contributed by atoms with van der Waals surface area (Å²) in [6.45, 7) is 1.01. The summed E-state index contributed by atoms with van der Waals surface area (Å²) < 4.78 is 0. The van der Waals surface area contributed by atoms with Crippen LogP contribution in [0.25, 0.3) is 0 Å². The van der Waals surface area contributed by atoms with E-state index >= 15 is 0 Å². The Labute approximate surface area is 74.7 Å². The van der Waals surface area contributed by atoms with Crippen LogP contribution in [0.1, 0.15) is 38.5 Å². The summed E-state index contributed by atoms with van der Waals surface area (Å²) in [6, 6.07) is 0. The predicted molar refractivity (Wildman–Crippen MR) is 50.7 cm³/mol. The van der Waals surface area contributed by atoms with E-state index in [0.29, 0.717) is 0 Å².